The molecule has 41 heavy (non-hydrogen) atoms. The lowest BCUT2D eigenvalue weighted by Gasteiger charge is -2.17. The Bertz CT molecular complexity index is 1360. The lowest BCUT2D eigenvalue weighted by Crippen LogP contribution is -2.15. The maximum absolute atomic E-state index is 6.51. The molecule has 4 heteroatoms. The minimum absolute atomic E-state index is 0.653. The van der Waals surface area contributed by atoms with Crippen LogP contribution >= 0.6 is 0 Å². The van der Waals surface area contributed by atoms with E-state index in [1.807, 2.05) is 0 Å². The molecule has 0 atom stereocenters. The summed E-state index contributed by atoms with van der Waals surface area (Å²) in [5.74, 6) is 1.47. The van der Waals surface area contributed by atoms with Gasteiger partial charge in [-0.2, -0.15) is 0 Å². The van der Waals surface area contributed by atoms with E-state index in [1.165, 1.54) is 95.3 Å². The quantitative estimate of drug-likeness (QED) is 0.0696. The summed E-state index contributed by atoms with van der Waals surface area (Å²) in [6.07, 6.45) is 18.9. The Morgan fingerprint density at radius 2 is 1.39 bits per heavy atom. The van der Waals surface area contributed by atoms with Crippen molar-refractivity contribution in [1.82, 2.24) is 4.98 Å². The third kappa shape index (κ3) is 8.80. The predicted molar refractivity (Wildman–Crippen MR) is 177 cm³/mol. The molecule has 2 aromatic carbocycles. The summed E-state index contributed by atoms with van der Waals surface area (Å²) in [5.41, 5.74) is 3.77. The minimum Gasteiger partial charge on any atom is -0.453 e. The van der Waals surface area contributed by atoms with Crippen LogP contribution in [-0.2, 0) is 0 Å². The number of benzene rings is 3. The number of aromatic nitrogens is 1. The average molecular weight is 556 g/mol. The van der Waals surface area contributed by atoms with Crippen molar-refractivity contribution in [1.29, 1.82) is 0 Å². The Labute approximate surface area is 248 Å². The first-order valence-electron chi connectivity index (χ1n) is 16.6. The van der Waals surface area contributed by atoms with Crippen molar-refractivity contribution in [2.75, 3.05) is 25.0 Å². The Balaban J connectivity index is 1.59. The van der Waals surface area contributed by atoms with Gasteiger partial charge in [0, 0.05) is 48.7 Å². The van der Waals surface area contributed by atoms with Gasteiger partial charge in [-0.25, -0.2) is 4.98 Å². The van der Waals surface area contributed by atoms with Gasteiger partial charge in [0.05, 0.1) is 5.36 Å². The van der Waals surface area contributed by atoms with Gasteiger partial charge >= 0.3 is 0 Å². The van der Waals surface area contributed by atoms with Crippen molar-refractivity contribution in [2.45, 2.75) is 111 Å². The number of hydrogen-bond donors (Lipinski definition) is 0. The minimum atomic E-state index is 0.653. The van der Waals surface area contributed by atoms with Crippen LogP contribution in [0.4, 0.5) is 5.69 Å². The molecular formula is C37H53N3O. The zero-order chi connectivity index (χ0) is 28.9. The third-order valence-electron chi connectivity index (χ3n) is 8.72. The number of hydrogen-bond acceptors (Lipinski definition) is 4. The summed E-state index contributed by atoms with van der Waals surface area (Å²) in [4.78, 5) is 12.6. The largest absolute Gasteiger partial charge is 0.453 e. The van der Waals surface area contributed by atoms with Crippen molar-refractivity contribution < 1.29 is 4.42 Å². The van der Waals surface area contributed by atoms with E-state index in [-0.39, 0.29) is 0 Å². The van der Waals surface area contributed by atoms with E-state index in [4.69, 9.17) is 14.4 Å². The Hall–Kier alpha value is -2.88. The fourth-order valence-corrected chi connectivity index (χ4v) is 5.96. The summed E-state index contributed by atoms with van der Waals surface area (Å²) in [6, 6.07) is 17.0. The summed E-state index contributed by atoms with van der Waals surface area (Å²) in [7, 11) is 2.10. The van der Waals surface area contributed by atoms with Crippen molar-refractivity contribution in [2.24, 2.45) is 10.9 Å². The van der Waals surface area contributed by atoms with Gasteiger partial charge in [0.1, 0.15) is 11.2 Å². The lowest BCUT2D eigenvalue weighted by molar-refractivity contribution is 0.409. The highest BCUT2D eigenvalue weighted by atomic mass is 16.3. The van der Waals surface area contributed by atoms with E-state index >= 15 is 0 Å². The summed E-state index contributed by atoms with van der Waals surface area (Å²) in [5, 5.41) is 3.32. The molecule has 1 aliphatic carbocycles. The van der Waals surface area contributed by atoms with Crippen LogP contribution in [0, 0.1) is 5.92 Å². The van der Waals surface area contributed by atoms with Gasteiger partial charge in [0.2, 0.25) is 0 Å². The maximum atomic E-state index is 6.51. The average Bonchev–Trinajstić information content (AvgIpc) is 3.01. The molecule has 0 saturated heterocycles. The van der Waals surface area contributed by atoms with E-state index in [2.05, 4.69) is 81.2 Å². The molecule has 0 spiro atoms. The van der Waals surface area contributed by atoms with Crippen LogP contribution in [-0.4, -0.2) is 25.1 Å². The Morgan fingerprint density at radius 3 is 2.05 bits per heavy atom. The molecule has 2 aliphatic rings. The second kappa shape index (κ2) is 16.5. The molecule has 4 rings (SSSR count). The first-order chi connectivity index (χ1) is 20.1. The van der Waals surface area contributed by atoms with Crippen LogP contribution in [0.5, 0.6) is 0 Å². The molecular weight excluding hydrogens is 502 g/mol. The molecule has 1 aliphatic heterocycles. The van der Waals surface area contributed by atoms with E-state index in [9.17, 15) is 0 Å². The van der Waals surface area contributed by atoms with Crippen molar-refractivity contribution in [3.05, 3.63) is 53.9 Å². The molecule has 0 saturated carbocycles. The van der Waals surface area contributed by atoms with Gasteiger partial charge in [0.15, 0.2) is 11.3 Å². The smallest absolute Gasteiger partial charge is 0.155 e. The van der Waals surface area contributed by atoms with Crippen LogP contribution < -0.4 is 10.3 Å². The van der Waals surface area contributed by atoms with Crippen LogP contribution in [0.2, 0.25) is 0 Å². The molecule has 222 valence electrons. The fourth-order valence-electron chi connectivity index (χ4n) is 5.96. The molecule has 2 aromatic rings. The van der Waals surface area contributed by atoms with Gasteiger partial charge < -0.3 is 9.32 Å². The monoisotopic (exact) mass is 555 g/mol. The molecule has 0 bridgehead atoms. The molecule has 1 heterocycles. The van der Waals surface area contributed by atoms with Crippen LogP contribution in [0.1, 0.15) is 111 Å². The van der Waals surface area contributed by atoms with Crippen LogP contribution in [0.25, 0.3) is 33.3 Å². The second-order valence-electron chi connectivity index (χ2n) is 12.0. The van der Waals surface area contributed by atoms with Crippen LogP contribution in [0.15, 0.2) is 57.9 Å². The first-order valence-corrected chi connectivity index (χ1v) is 16.6. The van der Waals surface area contributed by atoms with E-state index in [0.717, 1.165) is 52.1 Å². The number of rotatable bonds is 18. The fraction of sp³-hybridized carbons (Fsp3) is 0.568. The molecule has 4 nitrogen and oxygen atoms in total. The van der Waals surface area contributed by atoms with Gasteiger partial charge in [-0.3, -0.25) is 4.99 Å². The van der Waals surface area contributed by atoms with Crippen molar-refractivity contribution in [3.8, 4) is 11.5 Å². The third-order valence-corrected chi connectivity index (χ3v) is 8.72. The lowest BCUT2D eigenvalue weighted by atomic mass is 9.94. The molecule has 0 N–H and O–H groups in total. The highest BCUT2D eigenvalue weighted by molar-refractivity contribution is 5.96. The summed E-state index contributed by atoms with van der Waals surface area (Å²) >= 11 is 0. The summed E-state index contributed by atoms with van der Waals surface area (Å²) in [6.45, 7) is 8.59. The van der Waals surface area contributed by atoms with Gasteiger partial charge in [-0.15, -0.1) is 0 Å². The number of unbranched alkanes of at least 4 members (excludes halogenated alkanes) is 10. The summed E-state index contributed by atoms with van der Waals surface area (Å²) < 4.78 is 6.51. The van der Waals surface area contributed by atoms with E-state index in [1.54, 1.807) is 0 Å². The van der Waals surface area contributed by atoms with Crippen molar-refractivity contribution in [3.63, 3.8) is 0 Å². The molecule has 0 fully saturated rings. The Morgan fingerprint density at radius 1 is 0.756 bits per heavy atom. The number of nitrogens with zero attached hydrogens (tertiary/aromatic N) is 3. The molecule has 0 aromatic heterocycles. The topological polar surface area (TPSA) is 41.6 Å². The molecule has 0 amide bonds. The normalized spacial score (nSPS) is 12.4. The molecule has 0 radical (unpaired) electrons. The highest BCUT2D eigenvalue weighted by Crippen LogP contribution is 2.31. The van der Waals surface area contributed by atoms with Gasteiger partial charge in [0.25, 0.3) is 0 Å². The van der Waals surface area contributed by atoms with Crippen LogP contribution in [0.3, 0.4) is 0 Å². The van der Waals surface area contributed by atoms with E-state index in [0.29, 0.717) is 5.92 Å². The zero-order valence-electron chi connectivity index (χ0n) is 26.3. The highest BCUT2D eigenvalue weighted by Gasteiger charge is 2.16. The van der Waals surface area contributed by atoms with E-state index < -0.39 is 0 Å². The zero-order valence-corrected chi connectivity index (χ0v) is 26.3. The predicted octanol–water partition coefficient (Wildman–Crippen LogP) is 10.6. The van der Waals surface area contributed by atoms with Crippen molar-refractivity contribution >= 4 is 27.6 Å². The van der Waals surface area contributed by atoms with Gasteiger partial charge in [-0.1, -0.05) is 115 Å². The maximum Gasteiger partial charge on any atom is 0.155 e. The standard InChI is InChI=1S/C37H53N3O/c1-5-8-10-12-14-16-20-29(21-17-15-13-11-9-6-2)28-38-34-27-36-37(32-23-19-18-22-31(32)34)39-33-25-24-30(40(4)7-3)26-35(33)41-36/h18-19,22-27,29H,5-17,20-21,28H2,1-4H3. The number of anilines is 1. The first kappa shape index (κ1) is 31.1. The second-order valence-corrected chi connectivity index (χ2v) is 12.0. The number of fused-ring (bicyclic) bond motifs is 4. The van der Waals surface area contributed by atoms with Gasteiger partial charge in [-0.05, 0) is 37.8 Å². The SMILES string of the molecule is CCCCCCCCC(CCCCCCCC)CN=c1cc2oc3cc(N(C)CC)ccc3nc-2c2ccccc12. The Kier molecular flexibility index (Phi) is 12.5. The molecule has 0 unspecified atom stereocenters.